The number of carbonyl (C=O) groups excluding carboxylic acids is 1. The molecule has 1 amide bonds. The number of methoxy groups -OCH3 is 2. The van der Waals surface area contributed by atoms with Crippen LogP contribution in [0.2, 0.25) is 0 Å². The fraction of sp³-hybridized carbons (Fsp3) is 0.158. The number of rotatable bonds is 8. The van der Waals surface area contributed by atoms with Gasteiger partial charge in [-0.15, -0.1) is 0 Å². The second kappa shape index (κ2) is 9.77. The van der Waals surface area contributed by atoms with Gasteiger partial charge in [0.1, 0.15) is 11.5 Å². The Balaban J connectivity index is 1.79. The molecule has 0 saturated carbocycles. The molecule has 0 bridgehead atoms. The number of para-hydroxylation sites is 3. The van der Waals surface area contributed by atoms with Crippen LogP contribution in [0.5, 0.6) is 11.5 Å². The molecule has 2 aromatic rings. The van der Waals surface area contributed by atoms with Gasteiger partial charge >= 0.3 is 0 Å². The minimum absolute atomic E-state index is 0.0912. The Morgan fingerprint density at radius 2 is 1.72 bits per heavy atom. The number of hydrogen-bond acceptors (Lipinski definition) is 5. The van der Waals surface area contributed by atoms with Gasteiger partial charge < -0.3 is 14.8 Å². The molecule has 6 heteroatoms. The molecule has 0 saturated heterocycles. The molecule has 2 N–H and O–H groups in total. The summed E-state index contributed by atoms with van der Waals surface area (Å²) in [5.41, 5.74) is 4.13. The van der Waals surface area contributed by atoms with E-state index in [1.807, 2.05) is 54.6 Å². The molecule has 25 heavy (non-hydrogen) atoms. The molecule has 2 rings (SSSR count). The molecule has 0 aliphatic rings. The Morgan fingerprint density at radius 1 is 1.04 bits per heavy atom. The van der Waals surface area contributed by atoms with Crippen molar-refractivity contribution in [1.82, 2.24) is 5.43 Å². The summed E-state index contributed by atoms with van der Waals surface area (Å²) >= 11 is 0. The van der Waals surface area contributed by atoms with Crippen LogP contribution in [0.1, 0.15) is 5.56 Å². The molecular formula is C19H21N3O3. The highest BCUT2D eigenvalue weighted by molar-refractivity contribution is 5.84. The van der Waals surface area contributed by atoms with Crippen molar-refractivity contribution in [3.8, 4) is 11.5 Å². The van der Waals surface area contributed by atoms with Crippen LogP contribution in [0.4, 0.5) is 5.69 Å². The molecule has 0 fully saturated rings. The lowest BCUT2D eigenvalue weighted by atomic mass is 10.2. The lowest BCUT2D eigenvalue weighted by molar-refractivity contribution is -0.119. The highest BCUT2D eigenvalue weighted by Gasteiger charge is 2.03. The number of carbonyl (C=O) groups is 1. The summed E-state index contributed by atoms with van der Waals surface area (Å²) in [6.45, 7) is 0.0912. The van der Waals surface area contributed by atoms with Gasteiger partial charge in [-0.2, -0.15) is 5.10 Å². The van der Waals surface area contributed by atoms with E-state index in [0.29, 0.717) is 5.75 Å². The summed E-state index contributed by atoms with van der Waals surface area (Å²) < 4.78 is 10.5. The van der Waals surface area contributed by atoms with Crippen LogP contribution in [0.15, 0.2) is 59.7 Å². The Kier molecular flexibility index (Phi) is 7.06. The van der Waals surface area contributed by atoms with Crippen molar-refractivity contribution in [1.29, 1.82) is 0 Å². The SMILES string of the molecule is COc1ccccc1/C=C/C=N\NC(=O)CNc1ccccc1OC. The quantitative estimate of drug-likeness (QED) is 0.573. The summed E-state index contributed by atoms with van der Waals surface area (Å²) in [5.74, 6) is 1.20. The maximum absolute atomic E-state index is 11.8. The highest BCUT2D eigenvalue weighted by atomic mass is 16.5. The van der Waals surface area contributed by atoms with Gasteiger partial charge in [0.2, 0.25) is 0 Å². The monoisotopic (exact) mass is 339 g/mol. The average Bonchev–Trinajstić information content (AvgIpc) is 2.66. The summed E-state index contributed by atoms with van der Waals surface area (Å²) in [5, 5.41) is 6.87. The molecule has 0 unspecified atom stereocenters. The molecule has 0 aromatic heterocycles. The summed E-state index contributed by atoms with van der Waals surface area (Å²) in [4.78, 5) is 11.8. The first-order valence-electron chi connectivity index (χ1n) is 7.73. The molecule has 0 aliphatic carbocycles. The lowest BCUT2D eigenvalue weighted by Gasteiger charge is -2.09. The molecule has 0 spiro atoms. The van der Waals surface area contributed by atoms with Crippen molar-refractivity contribution in [3.05, 3.63) is 60.2 Å². The lowest BCUT2D eigenvalue weighted by Crippen LogP contribution is -2.25. The van der Waals surface area contributed by atoms with Crippen LogP contribution < -0.4 is 20.2 Å². The smallest absolute Gasteiger partial charge is 0.259 e. The molecule has 0 atom stereocenters. The fourth-order valence-electron chi connectivity index (χ4n) is 2.11. The van der Waals surface area contributed by atoms with E-state index in [2.05, 4.69) is 15.8 Å². The molecule has 2 aromatic carbocycles. The molecule has 6 nitrogen and oxygen atoms in total. The van der Waals surface area contributed by atoms with Gasteiger partial charge in [-0.25, -0.2) is 5.43 Å². The molecular weight excluding hydrogens is 318 g/mol. The molecule has 0 heterocycles. The van der Waals surface area contributed by atoms with E-state index >= 15 is 0 Å². The van der Waals surface area contributed by atoms with Gasteiger partial charge in [0.05, 0.1) is 26.5 Å². The van der Waals surface area contributed by atoms with Crippen molar-refractivity contribution in [2.75, 3.05) is 26.1 Å². The maximum atomic E-state index is 11.8. The largest absolute Gasteiger partial charge is 0.496 e. The Labute approximate surface area is 147 Å². The van der Waals surface area contributed by atoms with Gasteiger partial charge in [-0.1, -0.05) is 30.3 Å². The molecule has 0 aliphatic heterocycles. The van der Waals surface area contributed by atoms with Gasteiger partial charge in [-0.3, -0.25) is 4.79 Å². The Hall–Kier alpha value is -3.28. The summed E-state index contributed by atoms with van der Waals surface area (Å²) in [7, 11) is 3.20. The number of hydrazone groups is 1. The first-order valence-corrected chi connectivity index (χ1v) is 7.73. The van der Waals surface area contributed by atoms with Gasteiger partial charge in [-0.05, 0) is 30.4 Å². The van der Waals surface area contributed by atoms with Crippen LogP contribution in [-0.4, -0.2) is 32.9 Å². The van der Waals surface area contributed by atoms with E-state index in [0.717, 1.165) is 17.0 Å². The zero-order valence-electron chi connectivity index (χ0n) is 14.2. The first kappa shape index (κ1) is 18.1. The normalized spacial score (nSPS) is 10.8. The summed E-state index contributed by atoms with van der Waals surface area (Å²) in [6.07, 6.45) is 5.08. The third kappa shape index (κ3) is 5.69. The highest BCUT2D eigenvalue weighted by Crippen LogP contribution is 2.22. The summed E-state index contributed by atoms with van der Waals surface area (Å²) in [6, 6.07) is 15.0. The van der Waals surface area contributed by atoms with Crippen LogP contribution >= 0.6 is 0 Å². The number of amides is 1. The predicted molar refractivity (Wildman–Crippen MR) is 100 cm³/mol. The molecule has 0 radical (unpaired) electrons. The van der Waals surface area contributed by atoms with E-state index in [1.165, 1.54) is 6.21 Å². The van der Waals surface area contributed by atoms with E-state index < -0.39 is 0 Å². The third-order valence-corrected chi connectivity index (χ3v) is 3.31. The van der Waals surface area contributed by atoms with Crippen LogP contribution in [0.25, 0.3) is 6.08 Å². The minimum Gasteiger partial charge on any atom is -0.496 e. The number of hydrogen-bond donors (Lipinski definition) is 2. The topological polar surface area (TPSA) is 72.0 Å². The third-order valence-electron chi connectivity index (χ3n) is 3.31. The maximum Gasteiger partial charge on any atom is 0.259 e. The number of nitrogens with one attached hydrogen (secondary N) is 2. The standard InChI is InChI=1S/C19H21N3O3/c1-24-17-11-5-3-8-15(17)9-7-13-21-22-19(23)14-20-16-10-4-6-12-18(16)25-2/h3-13,20H,14H2,1-2H3,(H,22,23)/b9-7+,21-13-. The van der Waals surface area contributed by atoms with Crippen LogP contribution in [0.3, 0.4) is 0 Å². The number of ether oxygens (including phenoxy) is 2. The van der Waals surface area contributed by atoms with Gasteiger partial charge in [0.15, 0.2) is 0 Å². The van der Waals surface area contributed by atoms with Crippen molar-refractivity contribution in [2.24, 2.45) is 5.10 Å². The van der Waals surface area contributed by atoms with E-state index in [1.54, 1.807) is 20.3 Å². The molecule has 130 valence electrons. The zero-order chi connectivity index (χ0) is 17.9. The average molecular weight is 339 g/mol. The van der Waals surface area contributed by atoms with Crippen LogP contribution in [-0.2, 0) is 4.79 Å². The number of allylic oxidation sites excluding steroid dienone is 1. The minimum atomic E-state index is -0.257. The number of nitrogens with zero attached hydrogens (tertiary/aromatic N) is 1. The van der Waals surface area contributed by atoms with Crippen molar-refractivity contribution in [2.45, 2.75) is 0 Å². The van der Waals surface area contributed by atoms with Crippen molar-refractivity contribution in [3.63, 3.8) is 0 Å². The number of benzene rings is 2. The van der Waals surface area contributed by atoms with E-state index in [-0.39, 0.29) is 12.5 Å². The van der Waals surface area contributed by atoms with Gasteiger partial charge in [0.25, 0.3) is 5.91 Å². The number of anilines is 1. The van der Waals surface area contributed by atoms with Crippen molar-refractivity contribution >= 4 is 23.9 Å². The first-order chi connectivity index (χ1) is 12.2. The second-order valence-corrected chi connectivity index (χ2v) is 4.97. The van der Waals surface area contributed by atoms with Gasteiger partial charge in [0, 0.05) is 11.8 Å². The second-order valence-electron chi connectivity index (χ2n) is 4.97. The Morgan fingerprint density at radius 3 is 2.48 bits per heavy atom. The zero-order valence-corrected chi connectivity index (χ0v) is 14.2. The van der Waals surface area contributed by atoms with E-state index in [9.17, 15) is 4.79 Å². The van der Waals surface area contributed by atoms with E-state index in [4.69, 9.17) is 9.47 Å². The van der Waals surface area contributed by atoms with Crippen molar-refractivity contribution < 1.29 is 14.3 Å². The predicted octanol–water partition coefficient (Wildman–Crippen LogP) is 2.93. The van der Waals surface area contributed by atoms with Crippen LogP contribution in [0, 0.1) is 0 Å². The fourth-order valence-corrected chi connectivity index (χ4v) is 2.11. The Bertz CT molecular complexity index is 757.